The molecule has 1 aromatic rings. The molecule has 0 atom stereocenters. The number of carboxylic acids is 1. The summed E-state index contributed by atoms with van der Waals surface area (Å²) >= 11 is 0. The van der Waals surface area contributed by atoms with Crippen LogP contribution in [0.3, 0.4) is 0 Å². The van der Waals surface area contributed by atoms with E-state index in [2.05, 4.69) is 5.32 Å². The van der Waals surface area contributed by atoms with Crippen LogP contribution in [0.4, 0.5) is 5.69 Å². The predicted octanol–water partition coefficient (Wildman–Crippen LogP) is 1.53. The van der Waals surface area contributed by atoms with Crippen molar-refractivity contribution in [1.29, 1.82) is 0 Å². The molecule has 1 aromatic carbocycles. The number of benzene rings is 1. The molecule has 0 heterocycles. The van der Waals surface area contributed by atoms with E-state index in [1.165, 1.54) is 12.1 Å². The maximum atomic E-state index is 11.2. The van der Waals surface area contributed by atoms with Gasteiger partial charge >= 0.3 is 5.97 Å². The molecular formula is C12H15NO4S. The summed E-state index contributed by atoms with van der Waals surface area (Å²) in [7, 11) is -3.18. The van der Waals surface area contributed by atoms with Crippen molar-refractivity contribution in [3.8, 4) is 0 Å². The first kappa shape index (κ1) is 14.2. The third kappa shape index (κ3) is 4.58. The minimum atomic E-state index is -3.18. The van der Waals surface area contributed by atoms with E-state index in [0.29, 0.717) is 12.1 Å². The second-order valence-electron chi connectivity index (χ2n) is 3.98. The van der Waals surface area contributed by atoms with Gasteiger partial charge in [0.2, 0.25) is 0 Å². The Morgan fingerprint density at radius 3 is 2.33 bits per heavy atom. The molecule has 0 radical (unpaired) electrons. The first-order valence-electron chi connectivity index (χ1n) is 5.23. The Labute approximate surface area is 106 Å². The minimum Gasteiger partial charge on any atom is -0.478 e. The molecule has 2 N–H and O–H groups in total. The van der Waals surface area contributed by atoms with Gasteiger partial charge in [-0.05, 0) is 36.8 Å². The van der Waals surface area contributed by atoms with E-state index in [9.17, 15) is 13.2 Å². The topological polar surface area (TPSA) is 83.5 Å². The van der Waals surface area contributed by atoms with E-state index in [-0.39, 0.29) is 4.90 Å². The summed E-state index contributed by atoms with van der Waals surface area (Å²) < 4.78 is 22.5. The highest BCUT2D eigenvalue weighted by molar-refractivity contribution is 7.90. The first-order valence-corrected chi connectivity index (χ1v) is 7.12. The Morgan fingerprint density at radius 2 is 1.89 bits per heavy atom. The van der Waals surface area contributed by atoms with Gasteiger partial charge in [-0.3, -0.25) is 0 Å². The van der Waals surface area contributed by atoms with Crippen LogP contribution in [-0.2, 0) is 14.6 Å². The van der Waals surface area contributed by atoms with Crippen LogP contribution in [0.2, 0.25) is 0 Å². The maximum absolute atomic E-state index is 11.2. The van der Waals surface area contributed by atoms with Gasteiger partial charge in [-0.2, -0.15) is 0 Å². The number of carboxylic acid groups (broad SMARTS) is 1. The fourth-order valence-corrected chi connectivity index (χ4v) is 1.95. The monoisotopic (exact) mass is 269 g/mol. The van der Waals surface area contributed by atoms with Gasteiger partial charge in [0.15, 0.2) is 9.84 Å². The van der Waals surface area contributed by atoms with Crippen LogP contribution in [0.25, 0.3) is 0 Å². The van der Waals surface area contributed by atoms with Crippen LogP contribution in [0.1, 0.15) is 6.92 Å². The number of anilines is 1. The SMILES string of the molecule is C/C(=C/C(=O)O)CNc1ccc(S(C)(=O)=O)cc1. The smallest absolute Gasteiger partial charge is 0.328 e. The number of nitrogens with one attached hydrogen (secondary N) is 1. The van der Waals surface area contributed by atoms with Crippen molar-refractivity contribution in [2.45, 2.75) is 11.8 Å². The predicted molar refractivity (Wildman–Crippen MR) is 69.4 cm³/mol. The van der Waals surface area contributed by atoms with Crippen molar-refractivity contribution in [1.82, 2.24) is 0 Å². The zero-order chi connectivity index (χ0) is 13.8. The van der Waals surface area contributed by atoms with E-state index < -0.39 is 15.8 Å². The standard InChI is InChI=1S/C12H15NO4S/c1-9(7-12(14)15)8-13-10-3-5-11(6-4-10)18(2,16)17/h3-7,13H,8H2,1-2H3,(H,14,15)/b9-7-. The van der Waals surface area contributed by atoms with Gasteiger partial charge < -0.3 is 10.4 Å². The van der Waals surface area contributed by atoms with E-state index in [1.54, 1.807) is 19.1 Å². The van der Waals surface area contributed by atoms with Gasteiger partial charge in [0.05, 0.1) is 4.90 Å². The zero-order valence-corrected chi connectivity index (χ0v) is 11.0. The third-order valence-electron chi connectivity index (χ3n) is 2.22. The quantitative estimate of drug-likeness (QED) is 0.792. The molecule has 0 aliphatic heterocycles. The summed E-state index contributed by atoms with van der Waals surface area (Å²) in [6, 6.07) is 6.30. The van der Waals surface area contributed by atoms with Crippen LogP contribution < -0.4 is 5.32 Å². The molecule has 98 valence electrons. The number of hydrogen-bond acceptors (Lipinski definition) is 4. The number of sulfone groups is 1. The number of hydrogen-bond donors (Lipinski definition) is 2. The molecule has 18 heavy (non-hydrogen) atoms. The van der Waals surface area contributed by atoms with Crippen molar-refractivity contribution < 1.29 is 18.3 Å². The summed E-state index contributed by atoms with van der Waals surface area (Å²) in [5.74, 6) is -0.985. The molecule has 0 spiro atoms. The highest BCUT2D eigenvalue weighted by Gasteiger charge is 2.05. The second-order valence-corrected chi connectivity index (χ2v) is 5.99. The van der Waals surface area contributed by atoms with E-state index in [4.69, 9.17) is 5.11 Å². The van der Waals surface area contributed by atoms with Crippen molar-refractivity contribution in [3.05, 3.63) is 35.9 Å². The van der Waals surface area contributed by atoms with Crippen molar-refractivity contribution >= 4 is 21.5 Å². The lowest BCUT2D eigenvalue weighted by Gasteiger charge is -2.07. The maximum Gasteiger partial charge on any atom is 0.328 e. The first-order chi connectivity index (χ1) is 8.29. The second kappa shape index (κ2) is 5.68. The average Bonchev–Trinajstić information content (AvgIpc) is 2.25. The van der Waals surface area contributed by atoms with Gasteiger partial charge in [-0.1, -0.05) is 0 Å². The molecule has 0 saturated heterocycles. The van der Waals surface area contributed by atoms with Gasteiger partial charge in [-0.15, -0.1) is 0 Å². The molecule has 6 heteroatoms. The lowest BCUT2D eigenvalue weighted by atomic mass is 10.2. The Balaban J connectivity index is 2.68. The highest BCUT2D eigenvalue weighted by Crippen LogP contribution is 2.14. The lowest BCUT2D eigenvalue weighted by molar-refractivity contribution is -0.131. The van der Waals surface area contributed by atoms with Gasteiger partial charge in [-0.25, -0.2) is 13.2 Å². The summed E-state index contributed by atoms with van der Waals surface area (Å²) in [5, 5.41) is 11.5. The van der Waals surface area contributed by atoms with Crippen LogP contribution in [0.5, 0.6) is 0 Å². The molecule has 0 amide bonds. The van der Waals surface area contributed by atoms with E-state index >= 15 is 0 Å². The van der Waals surface area contributed by atoms with Crippen molar-refractivity contribution in [2.24, 2.45) is 0 Å². The number of aliphatic carboxylic acids is 1. The Kier molecular flexibility index (Phi) is 4.49. The van der Waals surface area contributed by atoms with E-state index in [1.807, 2.05) is 0 Å². The largest absolute Gasteiger partial charge is 0.478 e. The zero-order valence-electron chi connectivity index (χ0n) is 10.2. The summed E-state index contributed by atoms with van der Waals surface area (Å²) in [6.07, 6.45) is 2.27. The van der Waals surface area contributed by atoms with Crippen LogP contribution in [-0.4, -0.2) is 32.3 Å². The molecule has 0 bridgehead atoms. The van der Waals surface area contributed by atoms with Gasteiger partial charge in [0.1, 0.15) is 0 Å². The molecule has 0 unspecified atom stereocenters. The van der Waals surface area contributed by atoms with Crippen molar-refractivity contribution in [3.63, 3.8) is 0 Å². The molecular weight excluding hydrogens is 254 g/mol. The number of rotatable bonds is 5. The van der Waals surface area contributed by atoms with Gasteiger partial charge in [0.25, 0.3) is 0 Å². The molecule has 0 saturated carbocycles. The number of carbonyl (C=O) groups is 1. The van der Waals surface area contributed by atoms with Crippen LogP contribution >= 0.6 is 0 Å². The summed E-state index contributed by atoms with van der Waals surface area (Å²) in [6.45, 7) is 2.09. The summed E-state index contributed by atoms with van der Waals surface area (Å²) in [4.78, 5) is 10.7. The average molecular weight is 269 g/mol. The Hall–Kier alpha value is -1.82. The fourth-order valence-electron chi connectivity index (χ4n) is 1.32. The highest BCUT2D eigenvalue weighted by atomic mass is 32.2. The molecule has 5 nitrogen and oxygen atoms in total. The van der Waals surface area contributed by atoms with Gasteiger partial charge in [0, 0.05) is 24.6 Å². The molecule has 0 fully saturated rings. The van der Waals surface area contributed by atoms with Crippen molar-refractivity contribution in [2.75, 3.05) is 18.1 Å². The Bertz CT molecular complexity index is 558. The Morgan fingerprint density at radius 1 is 1.33 bits per heavy atom. The third-order valence-corrected chi connectivity index (χ3v) is 3.35. The van der Waals surface area contributed by atoms with Crippen LogP contribution in [0, 0.1) is 0 Å². The normalized spacial score (nSPS) is 12.2. The van der Waals surface area contributed by atoms with E-state index in [0.717, 1.165) is 18.0 Å². The fraction of sp³-hybridized carbons (Fsp3) is 0.250. The lowest BCUT2D eigenvalue weighted by Crippen LogP contribution is -2.05. The minimum absolute atomic E-state index is 0.255. The molecule has 1 rings (SSSR count). The molecule has 0 aliphatic rings. The van der Waals surface area contributed by atoms with Crippen LogP contribution in [0.15, 0.2) is 40.8 Å². The molecule has 0 aromatic heterocycles. The molecule has 0 aliphatic carbocycles. The summed E-state index contributed by atoms with van der Waals surface area (Å²) in [5.41, 5.74) is 1.41.